The molecule has 1 aromatic rings. The fraction of sp³-hybridized carbons (Fsp3) is 0.643. The highest BCUT2D eigenvalue weighted by molar-refractivity contribution is 5.85. The van der Waals surface area contributed by atoms with E-state index in [0.29, 0.717) is 0 Å². The third-order valence-corrected chi connectivity index (χ3v) is 4.32. The summed E-state index contributed by atoms with van der Waals surface area (Å²) < 4.78 is 44.0. The Bertz CT molecular complexity index is 481. The van der Waals surface area contributed by atoms with E-state index in [-0.39, 0.29) is 29.7 Å². The number of alkyl halides is 3. The minimum absolute atomic E-state index is 0. The summed E-state index contributed by atoms with van der Waals surface area (Å²) in [4.78, 5) is 3.41. The first-order chi connectivity index (χ1) is 9.49. The molecule has 1 aromatic heterocycles. The second kappa shape index (κ2) is 6.01. The van der Waals surface area contributed by atoms with Gasteiger partial charge in [0.1, 0.15) is 0 Å². The largest absolute Gasteiger partial charge is 0.488 e. The van der Waals surface area contributed by atoms with E-state index in [1.807, 2.05) is 0 Å². The summed E-state index contributed by atoms with van der Waals surface area (Å²) >= 11 is 0. The van der Waals surface area contributed by atoms with Gasteiger partial charge in [0.15, 0.2) is 11.4 Å². The van der Waals surface area contributed by atoms with Gasteiger partial charge in [0, 0.05) is 6.20 Å². The van der Waals surface area contributed by atoms with Crippen LogP contribution in [0.25, 0.3) is 0 Å². The number of rotatable bonds is 2. The van der Waals surface area contributed by atoms with Gasteiger partial charge in [0.25, 0.3) is 0 Å². The molecule has 0 amide bonds. The summed E-state index contributed by atoms with van der Waals surface area (Å²) in [6, 6.07) is 2.83. The van der Waals surface area contributed by atoms with Gasteiger partial charge in [0.05, 0.1) is 6.10 Å². The van der Waals surface area contributed by atoms with E-state index in [1.165, 1.54) is 12.1 Å². The lowest BCUT2D eigenvalue weighted by Gasteiger charge is -2.49. The van der Waals surface area contributed by atoms with Crippen LogP contribution in [0.4, 0.5) is 13.2 Å². The molecule has 2 aliphatic rings. The number of aromatic nitrogens is 1. The van der Waals surface area contributed by atoms with Gasteiger partial charge in [-0.15, -0.1) is 12.4 Å². The Labute approximate surface area is 127 Å². The fourth-order valence-corrected chi connectivity index (χ4v) is 3.23. The average Bonchev–Trinajstić information content (AvgIpc) is 2.37. The lowest BCUT2D eigenvalue weighted by molar-refractivity contribution is -0.144. The molecule has 1 spiro atoms. The molecule has 21 heavy (non-hydrogen) atoms. The van der Waals surface area contributed by atoms with E-state index < -0.39 is 11.9 Å². The Balaban J connectivity index is 0.00000161. The molecule has 0 radical (unpaired) electrons. The molecule has 0 atom stereocenters. The van der Waals surface area contributed by atoms with Gasteiger partial charge >= 0.3 is 6.18 Å². The molecule has 118 valence electrons. The lowest BCUT2D eigenvalue weighted by Crippen LogP contribution is -2.49. The summed E-state index contributed by atoms with van der Waals surface area (Å²) in [5.74, 6) is -0.145. The van der Waals surface area contributed by atoms with Crippen molar-refractivity contribution in [1.82, 2.24) is 10.3 Å². The van der Waals surface area contributed by atoms with Crippen molar-refractivity contribution in [2.75, 3.05) is 13.1 Å². The predicted octanol–water partition coefficient (Wildman–Crippen LogP) is 3.43. The van der Waals surface area contributed by atoms with Crippen LogP contribution in [0.5, 0.6) is 5.75 Å². The molecule has 1 saturated heterocycles. The van der Waals surface area contributed by atoms with Crippen LogP contribution >= 0.6 is 12.4 Å². The number of piperidine rings is 1. The first-order valence-electron chi connectivity index (χ1n) is 6.88. The van der Waals surface area contributed by atoms with Crippen molar-refractivity contribution >= 4 is 12.4 Å². The highest BCUT2D eigenvalue weighted by Gasteiger charge is 2.46. The van der Waals surface area contributed by atoms with Crippen molar-refractivity contribution in [3.8, 4) is 5.75 Å². The van der Waals surface area contributed by atoms with Gasteiger partial charge in [-0.3, -0.25) is 0 Å². The maximum atomic E-state index is 12.8. The molecule has 0 bridgehead atoms. The molecule has 0 unspecified atom stereocenters. The Kier molecular flexibility index (Phi) is 4.68. The summed E-state index contributed by atoms with van der Waals surface area (Å²) in [5.41, 5.74) is -0.637. The second-order valence-electron chi connectivity index (χ2n) is 5.75. The van der Waals surface area contributed by atoms with Crippen molar-refractivity contribution in [2.24, 2.45) is 5.41 Å². The zero-order chi connectivity index (χ0) is 14.2. The summed E-state index contributed by atoms with van der Waals surface area (Å²) in [5, 5.41) is 3.30. The number of hydrogen-bond acceptors (Lipinski definition) is 3. The molecular formula is C14H18ClF3N2O. The van der Waals surface area contributed by atoms with Crippen LogP contribution in [0.2, 0.25) is 0 Å². The molecule has 7 heteroatoms. The number of hydrogen-bond donors (Lipinski definition) is 1. The molecular weight excluding hydrogens is 305 g/mol. The van der Waals surface area contributed by atoms with Crippen molar-refractivity contribution < 1.29 is 17.9 Å². The van der Waals surface area contributed by atoms with Crippen LogP contribution in [-0.4, -0.2) is 24.2 Å². The zero-order valence-corrected chi connectivity index (χ0v) is 12.3. The molecule has 3 nitrogen and oxygen atoms in total. The standard InChI is InChI=1S/C14H17F3N2O.ClH/c15-14(16,17)12-11(2-1-5-19-12)20-10-8-13(9-10)3-6-18-7-4-13;/h1-2,5,10,18H,3-4,6-9H2;1H. The second-order valence-corrected chi connectivity index (χ2v) is 5.75. The van der Waals surface area contributed by atoms with E-state index in [0.717, 1.165) is 45.0 Å². The van der Waals surface area contributed by atoms with Crippen molar-refractivity contribution in [1.29, 1.82) is 0 Å². The SMILES string of the molecule is Cl.FC(F)(F)c1ncccc1OC1CC2(CCNCC2)C1. The van der Waals surface area contributed by atoms with Gasteiger partial charge in [0.2, 0.25) is 0 Å². The van der Waals surface area contributed by atoms with E-state index in [1.54, 1.807) is 0 Å². The topological polar surface area (TPSA) is 34.1 Å². The maximum absolute atomic E-state index is 12.8. The number of pyridine rings is 1. The summed E-state index contributed by atoms with van der Waals surface area (Å²) in [6.45, 7) is 1.99. The minimum Gasteiger partial charge on any atom is -0.488 e. The predicted molar refractivity (Wildman–Crippen MR) is 74.7 cm³/mol. The lowest BCUT2D eigenvalue weighted by atomic mass is 9.62. The Hall–Kier alpha value is -1.01. The van der Waals surface area contributed by atoms with Gasteiger partial charge in [-0.2, -0.15) is 13.2 Å². The quantitative estimate of drug-likeness (QED) is 0.905. The number of nitrogens with one attached hydrogen (secondary N) is 1. The molecule has 0 aromatic carbocycles. The first kappa shape index (κ1) is 16.4. The van der Waals surface area contributed by atoms with Gasteiger partial charge in [-0.1, -0.05) is 0 Å². The molecule has 1 aliphatic heterocycles. The Morgan fingerprint density at radius 2 is 1.90 bits per heavy atom. The first-order valence-corrected chi connectivity index (χ1v) is 6.88. The summed E-state index contributed by atoms with van der Waals surface area (Å²) in [7, 11) is 0. The van der Waals surface area contributed by atoms with E-state index in [4.69, 9.17) is 4.74 Å². The monoisotopic (exact) mass is 322 g/mol. The van der Waals surface area contributed by atoms with Crippen LogP contribution in [-0.2, 0) is 6.18 Å². The fourth-order valence-electron chi connectivity index (χ4n) is 3.23. The van der Waals surface area contributed by atoms with Gasteiger partial charge in [-0.25, -0.2) is 4.98 Å². The van der Waals surface area contributed by atoms with Crippen molar-refractivity contribution in [3.05, 3.63) is 24.0 Å². The van der Waals surface area contributed by atoms with E-state index >= 15 is 0 Å². The molecule has 2 heterocycles. The van der Waals surface area contributed by atoms with Crippen LogP contribution in [0.15, 0.2) is 18.3 Å². The smallest absolute Gasteiger partial charge is 0.437 e. The Morgan fingerprint density at radius 3 is 2.52 bits per heavy atom. The minimum atomic E-state index is -4.47. The highest BCUT2D eigenvalue weighted by Crippen LogP contribution is 2.49. The highest BCUT2D eigenvalue weighted by atomic mass is 35.5. The zero-order valence-electron chi connectivity index (χ0n) is 11.4. The number of nitrogens with zero attached hydrogens (tertiary/aromatic N) is 1. The molecule has 1 saturated carbocycles. The molecule has 3 rings (SSSR count). The van der Waals surface area contributed by atoms with E-state index in [2.05, 4.69) is 10.3 Å². The normalized spacial score (nSPS) is 21.5. The molecule has 1 N–H and O–H groups in total. The van der Waals surface area contributed by atoms with Gasteiger partial charge in [-0.05, 0) is 56.3 Å². The third kappa shape index (κ3) is 3.43. The summed E-state index contributed by atoms with van der Waals surface area (Å²) in [6.07, 6.45) is 0.440. The van der Waals surface area contributed by atoms with E-state index in [9.17, 15) is 13.2 Å². The van der Waals surface area contributed by atoms with Crippen LogP contribution in [0, 0.1) is 5.41 Å². The maximum Gasteiger partial charge on any atom is 0.437 e. The van der Waals surface area contributed by atoms with Crippen molar-refractivity contribution in [3.63, 3.8) is 0 Å². The van der Waals surface area contributed by atoms with Crippen LogP contribution < -0.4 is 10.1 Å². The Morgan fingerprint density at radius 1 is 1.24 bits per heavy atom. The molecule has 1 aliphatic carbocycles. The van der Waals surface area contributed by atoms with Crippen LogP contribution in [0.3, 0.4) is 0 Å². The van der Waals surface area contributed by atoms with Crippen LogP contribution in [0.1, 0.15) is 31.4 Å². The number of halogens is 4. The molecule has 2 fully saturated rings. The average molecular weight is 323 g/mol. The van der Waals surface area contributed by atoms with Crippen molar-refractivity contribution in [2.45, 2.75) is 38.0 Å². The third-order valence-electron chi connectivity index (χ3n) is 4.32. The van der Waals surface area contributed by atoms with Gasteiger partial charge < -0.3 is 10.1 Å². The number of ether oxygens (including phenoxy) is 1.